The van der Waals surface area contributed by atoms with Gasteiger partial charge >= 0.3 is 0 Å². The van der Waals surface area contributed by atoms with Gasteiger partial charge in [0.05, 0.1) is 12.0 Å². The van der Waals surface area contributed by atoms with Crippen molar-refractivity contribution in [2.45, 2.75) is 6.92 Å². The molecule has 3 amide bonds. The lowest BCUT2D eigenvalue weighted by atomic mass is 10.1. The summed E-state index contributed by atoms with van der Waals surface area (Å²) in [7, 11) is 1.55. The van der Waals surface area contributed by atoms with Crippen LogP contribution in [0, 0.1) is 6.92 Å². The van der Waals surface area contributed by atoms with Gasteiger partial charge in [0.2, 0.25) is 0 Å². The minimum atomic E-state index is -0.339. The lowest BCUT2D eigenvalue weighted by Gasteiger charge is -2.13. The molecule has 0 radical (unpaired) electrons. The van der Waals surface area contributed by atoms with E-state index in [1.54, 1.807) is 37.5 Å². The second kappa shape index (κ2) is 8.75. The number of rotatable bonds is 6. The summed E-state index contributed by atoms with van der Waals surface area (Å²) in [6, 6.07) is 14.4. The monoisotopic (exact) mass is 396 g/mol. The molecule has 0 aromatic heterocycles. The number of nitrogens with zero attached hydrogens (tertiary/aromatic N) is 1. The number of carbonyl (C=O) groups is 3. The standard InChI is InChI=1S/C21H20N2O4S/c1-14-3-5-15(6-4-14)13-18-20(25)23(21(26)28-18)12-11-22-19(24)16-7-9-17(27-2)10-8-16/h3-10,13H,11-12H2,1-2H3,(H,22,24)/b18-13-. The van der Waals surface area contributed by atoms with E-state index in [1.807, 2.05) is 31.2 Å². The summed E-state index contributed by atoms with van der Waals surface area (Å²) in [5, 5.41) is 2.39. The van der Waals surface area contributed by atoms with E-state index in [-0.39, 0.29) is 30.1 Å². The summed E-state index contributed by atoms with van der Waals surface area (Å²) in [5.41, 5.74) is 2.47. The number of methoxy groups -OCH3 is 1. The number of carbonyl (C=O) groups excluding carboxylic acids is 3. The maximum absolute atomic E-state index is 12.5. The summed E-state index contributed by atoms with van der Waals surface area (Å²) >= 11 is 0.912. The average molecular weight is 396 g/mol. The topological polar surface area (TPSA) is 75.7 Å². The van der Waals surface area contributed by atoms with Crippen molar-refractivity contribution in [3.8, 4) is 5.75 Å². The Balaban J connectivity index is 1.57. The predicted octanol–water partition coefficient (Wildman–Crippen LogP) is 3.47. The minimum Gasteiger partial charge on any atom is -0.497 e. The van der Waals surface area contributed by atoms with Crippen LogP contribution in [-0.2, 0) is 4.79 Å². The van der Waals surface area contributed by atoms with Crippen LogP contribution in [0.5, 0.6) is 5.75 Å². The van der Waals surface area contributed by atoms with E-state index in [0.717, 1.165) is 27.8 Å². The first-order chi connectivity index (χ1) is 13.5. The van der Waals surface area contributed by atoms with Crippen molar-refractivity contribution < 1.29 is 19.1 Å². The van der Waals surface area contributed by atoms with Crippen molar-refractivity contribution in [1.29, 1.82) is 0 Å². The third-order valence-electron chi connectivity index (χ3n) is 4.22. The van der Waals surface area contributed by atoms with Gasteiger partial charge in [0.25, 0.3) is 17.1 Å². The van der Waals surface area contributed by atoms with Gasteiger partial charge in [-0.05, 0) is 54.6 Å². The highest BCUT2D eigenvalue weighted by Crippen LogP contribution is 2.31. The van der Waals surface area contributed by atoms with Gasteiger partial charge in [0.15, 0.2) is 0 Å². The molecule has 1 aliphatic heterocycles. The van der Waals surface area contributed by atoms with Crippen molar-refractivity contribution in [3.05, 3.63) is 70.1 Å². The van der Waals surface area contributed by atoms with Gasteiger partial charge in [-0.2, -0.15) is 0 Å². The smallest absolute Gasteiger partial charge is 0.293 e. The van der Waals surface area contributed by atoms with Gasteiger partial charge < -0.3 is 10.1 Å². The average Bonchev–Trinajstić information content (AvgIpc) is 2.97. The van der Waals surface area contributed by atoms with Gasteiger partial charge in [-0.25, -0.2) is 0 Å². The molecule has 144 valence electrons. The Bertz CT molecular complexity index is 920. The maximum atomic E-state index is 12.5. The highest BCUT2D eigenvalue weighted by Gasteiger charge is 2.34. The van der Waals surface area contributed by atoms with E-state index in [4.69, 9.17) is 4.74 Å². The number of aryl methyl sites for hydroxylation is 1. The van der Waals surface area contributed by atoms with Gasteiger partial charge in [-0.3, -0.25) is 19.3 Å². The Hall–Kier alpha value is -3.06. The first kappa shape index (κ1) is 19.7. The molecule has 2 aromatic carbocycles. The van der Waals surface area contributed by atoms with E-state index >= 15 is 0 Å². The molecule has 6 nitrogen and oxygen atoms in total. The minimum absolute atomic E-state index is 0.123. The zero-order valence-electron chi connectivity index (χ0n) is 15.6. The molecule has 0 bridgehead atoms. The zero-order chi connectivity index (χ0) is 20.1. The number of ether oxygens (including phenoxy) is 1. The fourth-order valence-electron chi connectivity index (χ4n) is 2.63. The molecule has 1 N–H and O–H groups in total. The van der Waals surface area contributed by atoms with Crippen molar-refractivity contribution in [2.75, 3.05) is 20.2 Å². The molecule has 1 heterocycles. The van der Waals surface area contributed by atoms with Crippen LogP contribution in [-0.4, -0.2) is 42.2 Å². The molecular weight excluding hydrogens is 376 g/mol. The van der Waals surface area contributed by atoms with Crippen LogP contribution < -0.4 is 10.1 Å². The molecule has 28 heavy (non-hydrogen) atoms. The Morgan fingerprint density at radius 1 is 1.11 bits per heavy atom. The van der Waals surface area contributed by atoms with E-state index in [1.165, 1.54) is 0 Å². The van der Waals surface area contributed by atoms with Crippen molar-refractivity contribution in [3.63, 3.8) is 0 Å². The van der Waals surface area contributed by atoms with Gasteiger partial charge in [0.1, 0.15) is 5.75 Å². The van der Waals surface area contributed by atoms with Crippen LogP contribution in [0.25, 0.3) is 6.08 Å². The number of thioether (sulfide) groups is 1. The number of imide groups is 1. The fourth-order valence-corrected chi connectivity index (χ4v) is 3.50. The first-order valence-electron chi connectivity index (χ1n) is 8.72. The van der Waals surface area contributed by atoms with Gasteiger partial charge in [-0.15, -0.1) is 0 Å². The molecule has 0 saturated carbocycles. The number of hydrogen-bond acceptors (Lipinski definition) is 5. The molecule has 3 rings (SSSR count). The number of hydrogen-bond donors (Lipinski definition) is 1. The second-order valence-corrected chi connectivity index (χ2v) is 7.22. The van der Waals surface area contributed by atoms with Crippen LogP contribution in [0.1, 0.15) is 21.5 Å². The molecule has 7 heteroatoms. The molecular formula is C21H20N2O4S. The lowest BCUT2D eigenvalue weighted by Crippen LogP contribution is -2.37. The molecule has 2 aromatic rings. The second-order valence-electron chi connectivity index (χ2n) is 6.23. The first-order valence-corrected chi connectivity index (χ1v) is 9.54. The quantitative estimate of drug-likeness (QED) is 0.757. The fraction of sp³-hybridized carbons (Fsp3) is 0.190. The van der Waals surface area contributed by atoms with Crippen molar-refractivity contribution in [1.82, 2.24) is 10.2 Å². The third kappa shape index (κ3) is 4.61. The molecule has 1 saturated heterocycles. The largest absolute Gasteiger partial charge is 0.497 e. The Labute approximate surface area is 167 Å². The van der Waals surface area contributed by atoms with E-state index in [9.17, 15) is 14.4 Å². The molecule has 0 atom stereocenters. The van der Waals surface area contributed by atoms with E-state index in [2.05, 4.69) is 5.32 Å². The predicted molar refractivity (Wildman–Crippen MR) is 109 cm³/mol. The maximum Gasteiger partial charge on any atom is 0.293 e. The SMILES string of the molecule is COc1ccc(C(=O)NCCN2C(=O)S/C(=C\c3ccc(C)cc3)C2=O)cc1. The third-order valence-corrected chi connectivity index (χ3v) is 5.13. The molecule has 0 unspecified atom stereocenters. The van der Waals surface area contributed by atoms with Gasteiger partial charge in [0, 0.05) is 18.7 Å². The number of amides is 3. The van der Waals surface area contributed by atoms with Crippen LogP contribution in [0.3, 0.4) is 0 Å². The highest BCUT2D eigenvalue weighted by molar-refractivity contribution is 8.18. The van der Waals surface area contributed by atoms with Crippen molar-refractivity contribution in [2.24, 2.45) is 0 Å². The van der Waals surface area contributed by atoms with Crippen molar-refractivity contribution >= 4 is 34.9 Å². The molecule has 1 aliphatic rings. The summed E-state index contributed by atoms with van der Waals surface area (Å²) in [6.45, 7) is 2.29. The van der Waals surface area contributed by atoms with E-state index in [0.29, 0.717) is 16.2 Å². The number of nitrogens with one attached hydrogen (secondary N) is 1. The van der Waals surface area contributed by atoms with Crippen LogP contribution in [0.15, 0.2) is 53.4 Å². The van der Waals surface area contributed by atoms with E-state index < -0.39 is 0 Å². The lowest BCUT2D eigenvalue weighted by molar-refractivity contribution is -0.122. The van der Waals surface area contributed by atoms with Crippen LogP contribution >= 0.6 is 11.8 Å². The number of benzene rings is 2. The zero-order valence-corrected chi connectivity index (χ0v) is 16.4. The van der Waals surface area contributed by atoms with Crippen LogP contribution in [0.4, 0.5) is 4.79 Å². The molecule has 1 fully saturated rings. The summed E-state index contributed by atoms with van der Waals surface area (Å²) in [4.78, 5) is 38.3. The van der Waals surface area contributed by atoms with Gasteiger partial charge in [-0.1, -0.05) is 29.8 Å². The van der Waals surface area contributed by atoms with Crippen LogP contribution in [0.2, 0.25) is 0 Å². The Morgan fingerprint density at radius 2 is 1.79 bits per heavy atom. The molecule has 0 spiro atoms. The summed E-state index contributed by atoms with van der Waals surface area (Å²) < 4.78 is 5.06. The Kier molecular flexibility index (Phi) is 6.16. The Morgan fingerprint density at radius 3 is 2.43 bits per heavy atom. The summed E-state index contributed by atoms with van der Waals surface area (Å²) in [5.74, 6) is 0.0498. The highest BCUT2D eigenvalue weighted by atomic mass is 32.2. The summed E-state index contributed by atoms with van der Waals surface area (Å²) in [6.07, 6.45) is 1.71. The molecule has 0 aliphatic carbocycles. The normalized spacial score (nSPS) is 15.2.